The van der Waals surface area contributed by atoms with Gasteiger partial charge in [0.15, 0.2) is 6.61 Å². The van der Waals surface area contributed by atoms with E-state index in [0.717, 1.165) is 11.3 Å². The molecule has 0 bridgehead atoms. The number of ether oxygens (including phenoxy) is 2. The van der Waals surface area contributed by atoms with Crippen LogP contribution in [0.25, 0.3) is 0 Å². The first kappa shape index (κ1) is 18.8. The molecule has 0 unspecified atom stereocenters. The minimum atomic E-state index is -0.409. The SMILES string of the molecule is C=CCOc1ccc(C=NNC(=O)COc2ccc(Cl)cc2Cl)cc1. The van der Waals surface area contributed by atoms with E-state index in [4.69, 9.17) is 32.7 Å². The maximum Gasteiger partial charge on any atom is 0.277 e. The van der Waals surface area contributed by atoms with E-state index >= 15 is 0 Å². The van der Waals surface area contributed by atoms with Gasteiger partial charge >= 0.3 is 0 Å². The number of halogens is 2. The number of benzene rings is 2. The lowest BCUT2D eigenvalue weighted by molar-refractivity contribution is -0.123. The third-order valence-corrected chi connectivity index (χ3v) is 3.43. The van der Waals surface area contributed by atoms with Gasteiger partial charge in [-0.25, -0.2) is 5.43 Å². The Morgan fingerprint density at radius 1 is 1.16 bits per heavy atom. The van der Waals surface area contributed by atoms with Gasteiger partial charge < -0.3 is 9.47 Å². The van der Waals surface area contributed by atoms with Gasteiger partial charge in [0.05, 0.1) is 11.2 Å². The van der Waals surface area contributed by atoms with Crippen LogP contribution in [0.2, 0.25) is 10.0 Å². The highest BCUT2D eigenvalue weighted by Gasteiger charge is 2.05. The monoisotopic (exact) mass is 378 g/mol. The fourth-order valence-corrected chi connectivity index (χ4v) is 2.21. The Kier molecular flexibility index (Phi) is 7.32. The molecule has 5 nitrogen and oxygen atoms in total. The summed E-state index contributed by atoms with van der Waals surface area (Å²) in [5, 5.41) is 4.70. The average Bonchev–Trinajstić information content (AvgIpc) is 2.60. The highest BCUT2D eigenvalue weighted by atomic mass is 35.5. The Balaban J connectivity index is 1.78. The second kappa shape index (κ2) is 9.71. The number of carbonyl (C=O) groups excluding carboxylic acids is 1. The molecule has 25 heavy (non-hydrogen) atoms. The maximum absolute atomic E-state index is 11.7. The van der Waals surface area contributed by atoms with Crippen molar-refractivity contribution in [1.82, 2.24) is 5.43 Å². The fraction of sp³-hybridized carbons (Fsp3) is 0.111. The lowest BCUT2D eigenvalue weighted by Crippen LogP contribution is -2.24. The predicted octanol–water partition coefficient (Wildman–Crippen LogP) is 4.09. The molecular weight excluding hydrogens is 363 g/mol. The quantitative estimate of drug-likeness (QED) is 0.427. The summed E-state index contributed by atoms with van der Waals surface area (Å²) in [5.41, 5.74) is 3.19. The van der Waals surface area contributed by atoms with Gasteiger partial charge in [0.2, 0.25) is 0 Å². The van der Waals surface area contributed by atoms with Crippen LogP contribution in [-0.2, 0) is 4.79 Å². The summed E-state index contributed by atoms with van der Waals surface area (Å²) in [6, 6.07) is 12.0. The fourth-order valence-electron chi connectivity index (χ4n) is 1.75. The van der Waals surface area contributed by atoms with Crippen LogP contribution in [0.5, 0.6) is 11.5 Å². The van der Waals surface area contributed by atoms with Gasteiger partial charge in [0.1, 0.15) is 18.1 Å². The average molecular weight is 379 g/mol. The van der Waals surface area contributed by atoms with Gasteiger partial charge in [-0.2, -0.15) is 5.10 Å². The molecule has 0 aliphatic rings. The highest BCUT2D eigenvalue weighted by molar-refractivity contribution is 6.35. The summed E-state index contributed by atoms with van der Waals surface area (Å²) in [5.74, 6) is 0.697. The van der Waals surface area contributed by atoms with E-state index in [-0.39, 0.29) is 6.61 Å². The number of hydrogen-bond donors (Lipinski definition) is 1. The predicted molar refractivity (Wildman–Crippen MR) is 99.8 cm³/mol. The molecule has 2 aromatic rings. The summed E-state index contributed by atoms with van der Waals surface area (Å²) < 4.78 is 10.7. The molecule has 2 rings (SSSR count). The highest BCUT2D eigenvalue weighted by Crippen LogP contribution is 2.27. The molecule has 1 amide bonds. The molecule has 1 N–H and O–H groups in total. The first-order valence-corrected chi connectivity index (χ1v) is 8.07. The van der Waals surface area contributed by atoms with Gasteiger partial charge in [-0.15, -0.1) is 0 Å². The summed E-state index contributed by atoms with van der Waals surface area (Å²) in [4.78, 5) is 11.7. The van der Waals surface area contributed by atoms with Crippen LogP contribution in [-0.4, -0.2) is 25.3 Å². The van der Waals surface area contributed by atoms with E-state index in [1.807, 2.05) is 12.1 Å². The molecule has 7 heteroatoms. The van der Waals surface area contributed by atoms with Crippen molar-refractivity contribution in [3.8, 4) is 11.5 Å². The van der Waals surface area contributed by atoms with Crippen LogP contribution in [0.3, 0.4) is 0 Å². The Bertz CT molecular complexity index is 761. The van der Waals surface area contributed by atoms with Gasteiger partial charge in [0.25, 0.3) is 5.91 Å². The number of hydrazone groups is 1. The first-order chi connectivity index (χ1) is 12.1. The molecule has 0 aromatic heterocycles. The summed E-state index contributed by atoms with van der Waals surface area (Å²) in [7, 11) is 0. The van der Waals surface area contributed by atoms with E-state index in [9.17, 15) is 4.79 Å². The standard InChI is InChI=1S/C18H16Cl2N2O3/c1-2-9-24-15-6-3-13(4-7-15)11-21-22-18(23)12-25-17-8-5-14(19)10-16(17)20/h2-8,10-11H,1,9,12H2,(H,22,23). The zero-order chi connectivity index (χ0) is 18.1. The molecule has 0 radical (unpaired) electrons. The largest absolute Gasteiger partial charge is 0.490 e. The summed E-state index contributed by atoms with van der Waals surface area (Å²) in [6.07, 6.45) is 3.19. The van der Waals surface area contributed by atoms with Crippen molar-refractivity contribution in [2.75, 3.05) is 13.2 Å². The van der Waals surface area contributed by atoms with E-state index in [2.05, 4.69) is 17.1 Å². The Morgan fingerprint density at radius 2 is 1.92 bits per heavy atom. The van der Waals surface area contributed by atoms with Crippen molar-refractivity contribution >= 4 is 35.3 Å². The van der Waals surface area contributed by atoms with E-state index in [1.54, 1.807) is 30.3 Å². The van der Waals surface area contributed by atoms with E-state index in [0.29, 0.717) is 22.4 Å². The number of rotatable bonds is 8. The lowest BCUT2D eigenvalue weighted by atomic mass is 10.2. The Labute approximate surface area is 155 Å². The maximum atomic E-state index is 11.7. The second-order valence-corrected chi connectivity index (χ2v) is 5.67. The Morgan fingerprint density at radius 3 is 2.60 bits per heavy atom. The van der Waals surface area contributed by atoms with Crippen LogP contribution in [0, 0.1) is 0 Å². The number of hydrogen-bond acceptors (Lipinski definition) is 4. The lowest BCUT2D eigenvalue weighted by Gasteiger charge is -2.07. The van der Waals surface area contributed by atoms with Crippen molar-refractivity contribution in [1.29, 1.82) is 0 Å². The number of nitrogens with zero attached hydrogens (tertiary/aromatic N) is 1. The number of nitrogens with one attached hydrogen (secondary N) is 1. The van der Waals surface area contributed by atoms with Gasteiger partial charge in [-0.1, -0.05) is 35.9 Å². The first-order valence-electron chi connectivity index (χ1n) is 7.32. The van der Waals surface area contributed by atoms with E-state index < -0.39 is 5.91 Å². The topological polar surface area (TPSA) is 59.9 Å². The molecule has 0 heterocycles. The molecule has 0 aliphatic heterocycles. The molecule has 0 saturated heterocycles. The molecule has 2 aromatic carbocycles. The van der Waals surface area contributed by atoms with E-state index in [1.165, 1.54) is 12.3 Å². The van der Waals surface area contributed by atoms with Crippen molar-refractivity contribution in [3.63, 3.8) is 0 Å². The molecule has 130 valence electrons. The van der Waals surface area contributed by atoms with Crippen molar-refractivity contribution in [3.05, 3.63) is 70.7 Å². The van der Waals surface area contributed by atoms with Crippen LogP contribution in [0.4, 0.5) is 0 Å². The van der Waals surface area contributed by atoms with Crippen LogP contribution < -0.4 is 14.9 Å². The molecular formula is C18H16Cl2N2O3. The summed E-state index contributed by atoms with van der Waals surface area (Å²) >= 11 is 11.7. The van der Waals surface area contributed by atoms with Crippen molar-refractivity contribution < 1.29 is 14.3 Å². The molecule has 0 spiro atoms. The number of carbonyl (C=O) groups is 1. The smallest absolute Gasteiger partial charge is 0.277 e. The molecule has 0 fully saturated rings. The van der Waals surface area contributed by atoms with Crippen LogP contribution in [0.1, 0.15) is 5.56 Å². The normalized spacial score (nSPS) is 10.5. The Hall–Kier alpha value is -2.50. The molecule has 0 atom stereocenters. The summed E-state index contributed by atoms with van der Waals surface area (Å²) in [6.45, 7) is 3.81. The minimum Gasteiger partial charge on any atom is -0.490 e. The third kappa shape index (κ3) is 6.49. The third-order valence-electron chi connectivity index (χ3n) is 2.90. The van der Waals surface area contributed by atoms with Gasteiger partial charge in [0, 0.05) is 5.02 Å². The van der Waals surface area contributed by atoms with Crippen molar-refractivity contribution in [2.24, 2.45) is 5.10 Å². The zero-order valence-corrected chi connectivity index (χ0v) is 14.8. The zero-order valence-electron chi connectivity index (χ0n) is 13.2. The van der Waals surface area contributed by atoms with Gasteiger partial charge in [-0.3, -0.25) is 4.79 Å². The molecule has 0 aliphatic carbocycles. The second-order valence-electron chi connectivity index (χ2n) is 4.83. The van der Waals surface area contributed by atoms with Crippen molar-refractivity contribution in [2.45, 2.75) is 0 Å². The minimum absolute atomic E-state index is 0.215. The molecule has 0 saturated carbocycles. The van der Waals surface area contributed by atoms with Crippen LogP contribution in [0.15, 0.2) is 60.2 Å². The number of amides is 1. The van der Waals surface area contributed by atoms with Crippen LogP contribution >= 0.6 is 23.2 Å². The van der Waals surface area contributed by atoms with Gasteiger partial charge in [-0.05, 0) is 48.0 Å².